The number of nitrogens with two attached hydrogens (primary N) is 1. The molecule has 0 aliphatic heterocycles. The quantitative estimate of drug-likeness (QED) is 0.877. The third-order valence-corrected chi connectivity index (χ3v) is 3.74. The van der Waals surface area contributed by atoms with Crippen LogP contribution in [0.15, 0.2) is 0 Å². The van der Waals surface area contributed by atoms with Crippen molar-refractivity contribution in [1.82, 2.24) is 15.0 Å². The standard InChI is InChI=1S/C13H22FN5/c1-8(14)11-17-12(15)19-13(18-11)16-9(2)10-6-4-3-5-7-10/h8-10H,3-7H2,1-2H3,(H3,15,16,17,18,19)/t8-,9+/m1/s1. The molecule has 6 heteroatoms. The van der Waals surface area contributed by atoms with Crippen LogP contribution < -0.4 is 11.1 Å². The number of rotatable bonds is 4. The molecule has 1 aromatic heterocycles. The second kappa shape index (κ2) is 6.12. The average molecular weight is 267 g/mol. The van der Waals surface area contributed by atoms with Crippen LogP contribution >= 0.6 is 0 Å². The van der Waals surface area contributed by atoms with E-state index in [2.05, 4.69) is 27.2 Å². The summed E-state index contributed by atoms with van der Waals surface area (Å²) in [5, 5.41) is 3.24. The SMILES string of the molecule is C[C@H](Nc1nc(N)nc([C@@H](C)F)n1)C1CCCCC1. The summed E-state index contributed by atoms with van der Waals surface area (Å²) in [6, 6.07) is 0.268. The molecule has 1 aliphatic carbocycles. The van der Waals surface area contributed by atoms with Crippen LogP contribution in [0, 0.1) is 5.92 Å². The maximum Gasteiger partial charge on any atom is 0.228 e. The summed E-state index contributed by atoms with van der Waals surface area (Å²) in [5.41, 5.74) is 5.58. The van der Waals surface area contributed by atoms with Gasteiger partial charge in [-0.15, -0.1) is 0 Å². The fourth-order valence-corrected chi connectivity index (χ4v) is 2.61. The van der Waals surface area contributed by atoms with Crippen molar-refractivity contribution >= 4 is 11.9 Å². The number of hydrogen-bond donors (Lipinski definition) is 2. The highest BCUT2D eigenvalue weighted by atomic mass is 19.1. The van der Waals surface area contributed by atoms with Gasteiger partial charge in [-0.3, -0.25) is 0 Å². The highest BCUT2D eigenvalue weighted by Crippen LogP contribution is 2.27. The molecule has 0 unspecified atom stereocenters. The number of nitrogens with one attached hydrogen (secondary N) is 1. The van der Waals surface area contributed by atoms with Gasteiger partial charge in [-0.05, 0) is 32.6 Å². The Labute approximate surface area is 113 Å². The Balaban J connectivity index is 2.05. The lowest BCUT2D eigenvalue weighted by atomic mass is 9.85. The molecule has 19 heavy (non-hydrogen) atoms. The van der Waals surface area contributed by atoms with Gasteiger partial charge in [0.05, 0.1) is 0 Å². The molecule has 0 spiro atoms. The van der Waals surface area contributed by atoms with Gasteiger partial charge in [0.15, 0.2) is 12.0 Å². The van der Waals surface area contributed by atoms with Gasteiger partial charge in [0.25, 0.3) is 0 Å². The molecule has 0 bridgehead atoms. The van der Waals surface area contributed by atoms with Gasteiger partial charge >= 0.3 is 0 Å². The number of aromatic nitrogens is 3. The van der Waals surface area contributed by atoms with E-state index in [0.29, 0.717) is 11.9 Å². The van der Waals surface area contributed by atoms with E-state index >= 15 is 0 Å². The molecule has 1 saturated carbocycles. The van der Waals surface area contributed by atoms with Crippen molar-refractivity contribution in [1.29, 1.82) is 0 Å². The first kappa shape index (κ1) is 14.0. The Hall–Kier alpha value is -1.46. The summed E-state index contributed by atoms with van der Waals surface area (Å²) in [6.07, 6.45) is 5.09. The van der Waals surface area contributed by atoms with E-state index in [-0.39, 0.29) is 17.8 Å². The summed E-state index contributed by atoms with van der Waals surface area (Å²) >= 11 is 0. The first-order valence-corrected chi connectivity index (χ1v) is 6.98. The number of anilines is 2. The van der Waals surface area contributed by atoms with E-state index in [9.17, 15) is 4.39 Å². The molecule has 1 fully saturated rings. The highest BCUT2D eigenvalue weighted by Gasteiger charge is 2.21. The number of nitrogens with zero attached hydrogens (tertiary/aromatic N) is 3. The molecule has 2 rings (SSSR count). The third kappa shape index (κ3) is 3.75. The monoisotopic (exact) mass is 267 g/mol. The molecule has 1 aliphatic rings. The lowest BCUT2D eigenvalue weighted by molar-refractivity contribution is 0.327. The molecule has 0 saturated heterocycles. The van der Waals surface area contributed by atoms with Gasteiger partial charge in [-0.1, -0.05) is 19.3 Å². The Bertz CT molecular complexity index is 417. The van der Waals surface area contributed by atoms with Crippen LogP contribution in [0.3, 0.4) is 0 Å². The van der Waals surface area contributed by atoms with E-state index < -0.39 is 6.17 Å². The maximum absolute atomic E-state index is 13.2. The van der Waals surface area contributed by atoms with E-state index in [1.165, 1.54) is 39.0 Å². The molecule has 5 nitrogen and oxygen atoms in total. The van der Waals surface area contributed by atoms with Crippen LogP contribution in [0.25, 0.3) is 0 Å². The van der Waals surface area contributed by atoms with E-state index in [1.807, 2.05) is 0 Å². The van der Waals surface area contributed by atoms with Crippen LogP contribution in [0.5, 0.6) is 0 Å². The van der Waals surface area contributed by atoms with Crippen LogP contribution in [-0.2, 0) is 0 Å². The zero-order valence-electron chi connectivity index (χ0n) is 11.6. The topological polar surface area (TPSA) is 76.7 Å². The van der Waals surface area contributed by atoms with Crippen LogP contribution in [0.4, 0.5) is 16.3 Å². The van der Waals surface area contributed by atoms with Crippen molar-refractivity contribution < 1.29 is 4.39 Å². The number of halogens is 1. The van der Waals surface area contributed by atoms with Crippen molar-refractivity contribution in [3.8, 4) is 0 Å². The lowest BCUT2D eigenvalue weighted by Crippen LogP contribution is -2.29. The molecule has 2 atom stereocenters. The first-order valence-electron chi connectivity index (χ1n) is 6.98. The molecule has 1 heterocycles. The van der Waals surface area contributed by atoms with Gasteiger partial charge in [-0.25, -0.2) is 4.39 Å². The minimum atomic E-state index is -1.24. The van der Waals surface area contributed by atoms with Crippen LogP contribution in [0.1, 0.15) is 57.9 Å². The van der Waals surface area contributed by atoms with Gasteiger partial charge < -0.3 is 11.1 Å². The molecule has 1 aromatic rings. The lowest BCUT2D eigenvalue weighted by Gasteiger charge is -2.28. The number of hydrogen-bond acceptors (Lipinski definition) is 5. The summed E-state index contributed by atoms with van der Waals surface area (Å²) in [7, 11) is 0. The second-order valence-corrected chi connectivity index (χ2v) is 5.32. The summed E-state index contributed by atoms with van der Waals surface area (Å²) in [6.45, 7) is 3.51. The van der Waals surface area contributed by atoms with Crippen molar-refractivity contribution in [2.45, 2.75) is 58.2 Å². The molecule has 106 valence electrons. The number of alkyl halides is 1. The van der Waals surface area contributed by atoms with Gasteiger partial charge in [0, 0.05) is 6.04 Å². The molecular formula is C13H22FN5. The summed E-state index contributed by atoms with van der Waals surface area (Å²) in [5.74, 6) is 1.15. The average Bonchev–Trinajstić information content (AvgIpc) is 2.39. The zero-order chi connectivity index (χ0) is 13.8. The van der Waals surface area contributed by atoms with Crippen molar-refractivity contribution in [2.75, 3.05) is 11.1 Å². The minimum Gasteiger partial charge on any atom is -0.368 e. The van der Waals surface area contributed by atoms with Crippen molar-refractivity contribution in [2.24, 2.45) is 5.92 Å². The Kier molecular flexibility index (Phi) is 4.50. The normalized spacial score (nSPS) is 19.9. The Morgan fingerprint density at radius 2 is 1.84 bits per heavy atom. The van der Waals surface area contributed by atoms with E-state index in [4.69, 9.17) is 5.73 Å². The minimum absolute atomic E-state index is 0.0628. The molecule has 0 radical (unpaired) electrons. The third-order valence-electron chi connectivity index (χ3n) is 3.74. The largest absolute Gasteiger partial charge is 0.368 e. The summed E-state index contributed by atoms with van der Waals surface area (Å²) < 4.78 is 13.2. The van der Waals surface area contributed by atoms with E-state index in [1.54, 1.807) is 0 Å². The molecular weight excluding hydrogens is 245 g/mol. The molecule has 3 N–H and O–H groups in total. The van der Waals surface area contributed by atoms with Crippen molar-refractivity contribution in [3.05, 3.63) is 5.82 Å². The Morgan fingerprint density at radius 1 is 1.16 bits per heavy atom. The first-order chi connectivity index (χ1) is 9.06. The Morgan fingerprint density at radius 3 is 2.47 bits per heavy atom. The summed E-state index contributed by atoms with van der Waals surface area (Å²) in [4.78, 5) is 11.9. The molecule has 0 aromatic carbocycles. The van der Waals surface area contributed by atoms with E-state index in [0.717, 1.165) is 0 Å². The van der Waals surface area contributed by atoms with Gasteiger partial charge in [0.2, 0.25) is 11.9 Å². The van der Waals surface area contributed by atoms with Crippen molar-refractivity contribution in [3.63, 3.8) is 0 Å². The van der Waals surface area contributed by atoms with Crippen LogP contribution in [-0.4, -0.2) is 21.0 Å². The predicted octanol–water partition coefficient (Wildman–Crippen LogP) is 2.87. The smallest absolute Gasteiger partial charge is 0.228 e. The molecule has 0 amide bonds. The second-order valence-electron chi connectivity index (χ2n) is 5.32. The zero-order valence-corrected chi connectivity index (χ0v) is 11.6. The maximum atomic E-state index is 13.2. The highest BCUT2D eigenvalue weighted by molar-refractivity contribution is 5.32. The van der Waals surface area contributed by atoms with Gasteiger partial charge in [0.1, 0.15) is 0 Å². The van der Waals surface area contributed by atoms with Gasteiger partial charge in [-0.2, -0.15) is 15.0 Å². The van der Waals surface area contributed by atoms with Crippen LogP contribution in [0.2, 0.25) is 0 Å². The fourth-order valence-electron chi connectivity index (χ4n) is 2.61. The number of nitrogen functional groups attached to an aromatic ring is 1. The fraction of sp³-hybridized carbons (Fsp3) is 0.769. The predicted molar refractivity (Wildman–Crippen MR) is 73.4 cm³/mol.